The van der Waals surface area contributed by atoms with Crippen LogP contribution in [0.1, 0.15) is 51.1 Å². The van der Waals surface area contributed by atoms with E-state index in [-0.39, 0.29) is 5.54 Å². The predicted octanol–water partition coefficient (Wildman–Crippen LogP) is 3.79. The van der Waals surface area contributed by atoms with Gasteiger partial charge in [-0.2, -0.15) is 0 Å². The van der Waals surface area contributed by atoms with Crippen LogP contribution in [0.2, 0.25) is 0 Å². The fourth-order valence-corrected chi connectivity index (χ4v) is 2.50. The summed E-state index contributed by atoms with van der Waals surface area (Å²) >= 11 is 1.75. The van der Waals surface area contributed by atoms with Gasteiger partial charge < -0.3 is 5.32 Å². The van der Waals surface area contributed by atoms with Crippen LogP contribution in [-0.2, 0) is 0 Å². The predicted molar refractivity (Wildman–Crippen MR) is 64.3 cm³/mol. The van der Waals surface area contributed by atoms with Crippen LogP contribution < -0.4 is 5.32 Å². The van der Waals surface area contributed by atoms with Gasteiger partial charge in [0, 0.05) is 10.4 Å². The van der Waals surface area contributed by atoms with Crippen molar-refractivity contribution in [3.8, 4) is 0 Å². The second-order valence-electron chi connectivity index (χ2n) is 4.99. The van der Waals surface area contributed by atoms with Crippen LogP contribution in [-0.4, -0.2) is 10.5 Å². The number of hydrogen-bond acceptors (Lipinski definition) is 3. The van der Waals surface area contributed by atoms with Gasteiger partial charge in [-0.15, -0.1) is 11.3 Å². The highest BCUT2D eigenvalue weighted by Crippen LogP contribution is 2.28. The van der Waals surface area contributed by atoms with Crippen molar-refractivity contribution >= 4 is 16.5 Å². The molecule has 2 nitrogen and oxygen atoms in total. The molecule has 1 aromatic rings. The molecular weight excluding hydrogens is 192 g/mol. The molecule has 0 aliphatic rings. The summed E-state index contributed by atoms with van der Waals surface area (Å²) in [6.45, 7) is 13.0. The summed E-state index contributed by atoms with van der Waals surface area (Å²) in [6.07, 6.45) is 0. The van der Waals surface area contributed by atoms with Gasteiger partial charge in [-0.25, -0.2) is 4.98 Å². The van der Waals surface area contributed by atoms with Gasteiger partial charge in [-0.05, 0) is 33.6 Å². The van der Waals surface area contributed by atoms with E-state index in [1.165, 1.54) is 10.6 Å². The van der Waals surface area contributed by atoms with Crippen LogP contribution >= 0.6 is 11.3 Å². The largest absolute Gasteiger partial charge is 0.357 e. The van der Waals surface area contributed by atoms with E-state index in [2.05, 4.69) is 51.8 Å². The molecule has 0 aliphatic heterocycles. The van der Waals surface area contributed by atoms with E-state index in [0.29, 0.717) is 5.92 Å². The second-order valence-corrected chi connectivity index (χ2v) is 6.19. The average molecular weight is 212 g/mol. The van der Waals surface area contributed by atoms with Crippen LogP contribution in [0.5, 0.6) is 0 Å². The quantitative estimate of drug-likeness (QED) is 0.807. The molecule has 0 saturated heterocycles. The highest BCUT2D eigenvalue weighted by Gasteiger charge is 2.15. The smallest absolute Gasteiger partial charge is 0.183 e. The minimum Gasteiger partial charge on any atom is -0.357 e. The zero-order chi connectivity index (χ0) is 10.9. The summed E-state index contributed by atoms with van der Waals surface area (Å²) in [5.41, 5.74) is 1.32. The summed E-state index contributed by atoms with van der Waals surface area (Å²) in [5.74, 6) is 0.516. The first-order valence-electron chi connectivity index (χ1n) is 5.05. The Kier molecular flexibility index (Phi) is 3.20. The van der Waals surface area contributed by atoms with E-state index in [9.17, 15) is 0 Å². The minimum absolute atomic E-state index is 0.0958. The molecule has 0 radical (unpaired) electrons. The van der Waals surface area contributed by atoms with Crippen molar-refractivity contribution in [3.05, 3.63) is 10.6 Å². The SMILES string of the molecule is Cc1sc(NC(C)(C)C)nc1C(C)C. The van der Waals surface area contributed by atoms with Crippen LogP contribution in [0.15, 0.2) is 0 Å². The van der Waals surface area contributed by atoms with Crippen molar-refractivity contribution in [1.29, 1.82) is 0 Å². The molecule has 1 heterocycles. The Balaban J connectivity index is 2.86. The molecular formula is C11H20N2S. The molecule has 0 bridgehead atoms. The summed E-state index contributed by atoms with van der Waals surface area (Å²) in [5, 5.41) is 4.45. The lowest BCUT2D eigenvalue weighted by Gasteiger charge is -2.19. The normalized spacial score (nSPS) is 12.2. The van der Waals surface area contributed by atoms with Crippen molar-refractivity contribution in [2.45, 2.75) is 53.0 Å². The van der Waals surface area contributed by atoms with E-state index in [0.717, 1.165) is 5.13 Å². The number of nitrogens with one attached hydrogen (secondary N) is 1. The molecule has 0 unspecified atom stereocenters. The highest BCUT2D eigenvalue weighted by atomic mass is 32.1. The zero-order valence-corrected chi connectivity index (χ0v) is 10.7. The van der Waals surface area contributed by atoms with Crippen molar-refractivity contribution in [3.63, 3.8) is 0 Å². The Morgan fingerprint density at radius 1 is 1.29 bits per heavy atom. The Labute approximate surface area is 90.8 Å². The Morgan fingerprint density at radius 2 is 1.86 bits per heavy atom. The van der Waals surface area contributed by atoms with Crippen LogP contribution in [0, 0.1) is 6.92 Å². The lowest BCUT2D eigenvalue weighted by Crippen LogP contribution is -2.25. The third-order valence-electron chi connectivity index (χ3n) is 1.86. The minimum atomic E-state index is 0.0958. The van der Waals surface area contributed by atoms with Gasteiger partial charge in [0.1, 0.15) is 0 Å². The van der Waals surface area contributed by atoms with E-state index in [4.69, 9.17) is 0 Å². The summed E-state index contributed by atoms with van der Waals surface area (Å²) in [6, 6.07) is 0. The fraction of sp³-hybridized carbons (Fsp3) is 0.727. The van der Waals surface area contributed by atoms with Gasteiger partial charge in [0.2, 0.25) is 0 Å². The van der Waals surface area contributed by atoms with E-state index in [1.54, 1.807) is 11.3 Å². The molecule has 0 fully saturated rings. The van der Waals surface area contributed by atoms with E-state index in [1.807, 2.05) is 0 Å². The first-order chi connectivity index (χ1) is 6.29. The molecule has 0 aliphatic carbocycles. The number of aromatic nitrogens is 1. The van der Waals surface area contributed by atoms with Crippen molar-refractivity contribution in [2.24, 2.45) is 0 Å². The third kappa shape index (κ3) is 2.98. The number of hydrogen-bond donors (Lipinski definition) is 1. The van der Waals surface area contributed by atoms with Gasteiger partial charge >= 0.3 is 0 Å². The van der Waals surface area contributed by atoms with Crippen LogP contribution in [0.3, 0.4) is 0 Å². The molecule has 0 aromatic carbocycles. The maximum absolute atomic E-state index is 4.60. The molecule has 0 saturated carbocycles. The standard InChI is InChI=1S/C11H20N2S/c1-7(2)9-8(3)14-10(12-9)13-11(4,5)6/h7H,1-6H3,(H,12,13). The first kappa shape index (κ1) is 11.5. The first-order valence-corrected chi connectivity index (χ1v) is 5.87. The lowest BCUT2D eigenvalue weighted by atomic mass is 10.1. The van der Waals surface area contributed by atoms with Crippen LogP contribution in [0.4, 0.5) is 5.13 Å². The lowest BCUT2D eigenvalue weighted by molar-refractivity contribution is 0.632. The number of anilines is 1. The molecule has 3 heteroatoms. The van der Waals surface area contributed by atoms with Gasteiger partial charge in [0.25, 0.3) is 0 Å². The number of rotatable bonds is 2. The molecule has 14 heavy (non-hydrogen) atoms. The molecule has 1 aromatic heterocycles. The number of aryl methyl sites for hydroxylation is 1. The fourth-order valence-electron chi connectivity index (χ4n) is 1.32. The van der Waals surface area contributed by atoms with Crippen LogP contribution in [0.25, 0.3) is 0 Å². The number of thiazole rings is 1. The van der Waals surface area contributed by atoms with Crippen molar-refractivity contribution in [2.75, 3.05) is 5.32 Å². The molecule has 1 rings (SSSR count). The zero-order valence-electron chi connectivity index (χ0n) is 9.93. The summed E-state index contributed by atoms with van der Waals surface area (Å²) < 4.78 is 0. The maximum Gasteiger partial charge on any atom is 0.183 e. The average Bonchev–Trinajstić information content (AvgIpc) is 2.26. The van der Waals surface area contributed by atoms with Gasteiger partial charge in [-0.1, -0.05) is 13.8 Å². The van der Waals surface area contributed by atoms with Gasteiger partial charge in [0.05, 0.1) is 5.69 Å². The second kappa shape index (κ2) is 3.89. The van der Waals surface area contributed by atoms with Crippen molar-refractivity contribution < 1.29 is 0 Å². The topological polar surface area (TPSA) is 24.9 Å². The highest BCUT2D eigenvalue weighted by molar-refractivity contribution is 7.15. The maximum atomic E-state index is 4.60. The molecule has 0 atom stereocenters. The molecule has 0 spiro atoms. The monoisotopic (exact) mass is 212 g/mol. The molecule has 0 amide bonds. The third-order valence-corrected chi connectivity index (χ3v) is 2.76. The molecule has 1 N–H and O–H groups in total. The Hall–Kier alpha value is -0.570. The van der Waals surface area contributed by atoms with Crippen molar-refractivity contribution in [1.82, 2.24) is 4.98 Å². The Morgan fingerprint density at radius 3 is 2.21 bits per heavy atom. The van der Waals surface area contributed by atoms with E-state index < -0.39 is 0 Å². The van der Waals surface area contributed by atoms with Gasteiger partial charge in [0.15, 0.2) is 5.13 Å². The Bertz CT molecular complexity index is 308. The summed E-state index contributed by atoms with van der Waals surface area (Å²) in [7, 11) is 0. The molecule has 80 valence electrons. The van der Waals surface area contributed by atoms with E-state index >= 15 is 0 Å². The van der Waals surface area contributed by atoms with Gasteiger partial charge in [-0.3, -0.25) is 0 Å². The number of nitrogens with zero attached hydrogens (tertiary/aromatic N) is 1. The summed E-state index contributed by atoms with van der Waals surface area (Å²) in [4.78, 5) is 5.93.